The second-order valence-corrected chi connectivity index (χ2v) is 3.52. The predicted octanol–water partition coefficient (Wildman–Crippen LogP) is 2.28. The van der Waals surface area contributed by atoms with Crippen LogP contribution in [0.4, 0.5) is 0 Å². The number of hydrogen-bond donors (Lipinski definition) is 1. The molecule has 0 saturated carbocycles. The maximum Gasteiger partial charge on any atom is 0.0693 e. The van der Waals surface area contributed by atoms with Gasteiger partial charge in [-0.2, -0.15) is 5.10 Å². The highest BCUT2D eigenvalue weighted by Crippen LogP contribution is 2.21. The van der Waals surface area contributed by atoms with Crippen LogP contribution in [0.3, 0.4) is 0 Å². The Kier molecular flexibility index (Phi) is 2.83. The summed E-state index contributed by atoms with van der Waals surface area (Å²) in [6.45, 7) is 2.09. The van der Waals surface area contributed by atoms with Crippen molar-refractivity contribution in [2.75, 3.05) is 0 Å². The summed E-state index contributed by atoms with van der Waals surface area (Å²) in [6, 6.07) is 10.1. The van der Waals surface area contributed by atoms with Gasteiger partial charge in [-0.05, 0) is 24.1 Å². The molecule has 1 atom stereocenters. The van der Waals surface area contributed by atoms with E-state index in [-0.39, 0.29) is 6.04 Å². The van der Waals surface area contributed by atoms with E-state index in [1.54, 1.807) is 6.20 Å². The highest BCUT2D eigenvalue weighted by Gasteiger charge is 2.09. The van der Waals surface area contributed by atoms with Crippen molar-refractivity contribution < 1.29 is 0 Å². The molecule has 2 aromatic rings. The Morgan fingerprint density at radius 1 is 1.33 bits per heavy atom. The number of hydrogen-bond acceptors (Lipinski definition) is 2. The number of nitrogens with zero attached hydrogens (tertiary/aromatic N) is 2. The average Bonchev–Trinajstić information content (AvgIpc) is 2.81. The quantitative estimate of drug-likeness (QED) is 0.828. The van der Waals surface area contributed by atoms with E-state index >= 15 is 0 Å². The first-order chi connectivity index (χ1) is 7.33. The molecule has 0 aliphatic heterocycles. The normalized spacial score (nSPS) is 12.7. The van der Waals surface area contributed by atoms with Gasteiger partial charge in [0.25, 0.3) is 0 Å². The molecule has 2 N–H and O–H groups in total. The van der Waals surface area contributed by atoms with Crippen LogP contribution in [0.15, 0.2) is 42.7 Å². The summed E-state index contributed by atoms with van der Waals surface area (Å²) in [4.78, 5) is 0. The fraction of sp³-hybridized carbons (Fsp3) is 0.250. The molecule has 1 heterocycles. The highest BCUT2D eigenvalue weighted by atomic mass is 15.3. The summed E-state index contributed by atoms with van der Waals surface area (Å²) in [5.74, 6) is 0. The number of benzene rings is 1. The van der Waals surface area contributed by atoms with Crippen LogP contribution < -0.4 is 5.73 Å². The molecule has 3 heteroatoms. The van der Waals surface area contributed by atoms with Crippen LogP contribution in [0, 0.1) is 0 Å². The first-order valence-corrected chi connectivity index (χ1v) is 5.17. The lowest BCUT2D eigenvalue weighted by molar-refractivity contribution is 0.686. The molecule has 1 aromatic heterocycles. The van der Waals surface area contributed by atoms with Crippen molar-refractivity contribution in [2.24, 2.45) is 5.73 Å². The molecule has 0 amide bonds. The maximum absolute atomic E-state index is 6.06. The minimum Gasteiger partial charge on any atom is -0.324 e. The Hall–Kier alpha value is -1.61. The van der Waals surface area contributed by atoms with Crippen LogP contribution in [-0.4, -0.2) is 9.78 Å². The van der Waals surface area contributed by atoms with Gasteiger partial charge in [0.1, 0.15) is 0 Å². The van der Waals surface area contributed by atoms with Gasteiger partial charge in [0.05, 0.1) is 5.69 Å². The van der Waals surface area contributed by atoms with Crippen LogP contribution in [-0.2, 0) is 0 Å². The molecule has 0 bridgehead atoms. The minimum atomic E-state index is 0.0744. The van der Waals surface area contributed by atoms with Gasteiger partial charge in [0.2, 0.25) is 0 Å². The summed E-state index contributed by atoms with van der Waals surface area (Å²) in [7, 11) is 0. The zero-order chi connectivity index (χ0) is 10.7. The molecule has 78 valence electrons. The van der Waals surface area contributed by atoms with Crippen molar-refractivity contribution in [3.05, 3.63) is 48.3 Å². The fourth-order valence-corrected chi connectivity index (χ4v) is 1.64. The summed E-state index contributed by atoms with van der Waals surface area (Å²) in [5.41, 5.74) is 8.27. The van der Waals surface area contributed by atoms with Crippen LogP contribution in [0.2, 0.25) is 0 Å². The Morgan fingerprint density at radius 3 is 2.80 bits per heavy atom. The average molecular weight is 201 g/mol. The Bertz CT molecular complexity index is 420. The molecular formula is C12H15N3. The summed E-state index contributed by atoms with van der Waals surface area (Å²) >= 11 is 0. The van der Waals surface area contributed by atoms with Gasteiger partial charge in [0.15, 0.2) is 0 Å². The first-order valence-electron chi connectivity index (χ1n) is 5.17. The molecular weight excluding hydrogens is 186 g/mol. The van der Waals surface area contributed by atoms with Gasteiger partial charge < -0.3 is 5.73 Å². The van der Waals surface area contributed by atoms with Crippen molar-refractivity contribution in [3.63, 3.8) is 0 Å². The van der Waals surface area contributed by atoms with Crippen molar-refractivity contribution in [1.82, 2.24) is 9.78 Å². The third-order valence-corrected chi connectivity index (χ3v) is 2.53. The minimum absolute atomic E-state index is 0.0744. The van der Waals surface area contributed by atoms with Gasteiger partial charge in [0, 0.05) is 18.4 Å². The van der Waals surface area contributed by atoms with E-state index in [4.69, 9.17) is 5.73 Å². The maximum atomic E-state index is 6.06. The zero-order valence-electron chi connectivity index (χ0n) is 8.80. The predicted molar refractivity (Wildman–Crippen MR) is 60.8 cm³/mol. The molecule has 0 spiro atoms. The smallest absolute Gasteiger partial charge is 0.0693 e. The molecule has 15 heavy (non-hydrogen) atoms. The lowest BCUT2D eigenvalue weighted by atomic mass is 10.0. The lowest BCUT2D eigenvalue weighted by Crippen LogP contribution is -2.12. The molecule has 0 fully saturated rings. The van der Waals surface area contributed by atoms with Crippen LogP contribution in [0.5, 0.6) is 0 Å². The summed E-state index contributed by atoms with van der Waals surface area (Å²) in [6.07, 6.45) is 4.63. The van der Waals surface area contributed by atoms with E-state index in [1.165, 1.54) is 0 Å². The van der Waals surface area contributed by atoms with Crippen molar-refractivity contribution in [2.45, 2.75) is 19.4 Å². The van der Waals surface area contributed by atoms with Gasteiger partial charge in [-0.3, -0.25) is 0 Å². The summed E-state index contributed by atoms with van der Waals surface area (Å²) < 4.78 is 1.85. The van der Waals surface area contributed by atoms with Gasteiger partial charge >= 0.3 is 0 Å². The number of para-hydroxylation sites is 1. The van der Waals surface area contributed by atoms with Crippen LogP contribution >= 0.6 is 0 Å². The highest BCUT2D eigenvalue weighted by molar-refractivity contribution is 5.42. The van der Waals surface area contributed by atoms with Crippen LogP contribution in [0.1, 0.15) is 24.9 Å². The number of aromatic nitrogens is 2. The van der Waals surface area contributed by atoms with E-state index in [9.17, 15) is 0 Å². The van der Waals surface area contributed by atoms with Crippen molar-refractivity contribution in [1.29, 1.82) is 0 Å². The standard InChI is InChI=1S/C12H15N3/c1-2-11(13)10-6-3-4-7-12(10)15-9-5-8-14-15/h3-9,11H,2,13H2,1H3/t11-/m0/s1. The molecule has 0 radical (unpaired) electrons. The lowest BCUT2D eigenvalue weighted by Gasteiger charge is -2.14. The van der Waals surface area contributed by atoms with E-state index in [2.05, 4.69) is 18.1 Å². The monoisotopic (exact) mass is 201 g/mol. The van der Waals surface area contributed by atoms with Crippen molar-refractivity contribution >= 4 is 0 Å². The van der Waals surface area contributed by atoms with E-state index < -0.39 is 0 Å². The molecule has 2 rings (SSSR count). The van der Waals surface area contributed by atoms with Gasteiger partial charge in [-0.15, -0.1) is 0 Å². The summed E-state index contributed by atoms with van der Waals surface area (Å²) in [5, 5.41) is 4.22. The zero-order valence-corrected chi connectivity index (χ0v) is 8.80. The van der Waals surface area contributed by atoms with E-state index in [0.29, 0.717) is 0 Å². The fourth-order valence-electron chi connectivity index (χ4n) is 1.64. The third kappa shape index (κ3) is 1.92. The van der Waals surface area contributed by atoms with Gasteiger partial charge in [-0.1, -0.05) is 25.1 Å². The molecule has 0 saturated heterocycles. The molecule has 3 nitrogen and oxygen atoms in total. The molecule has 1 aromatic carbocycles. The third-order valence-electron chi connectivity index (χ3n) is 2.53. The second kappa shape index (κ2) is 4.28. The van der Waals surface area contributed by atoms with Crippen LogP contribution in [0.25, 0.3) is 5.69 Å². The number of nitrogens with two attached hydrogens (primary N) is 1. The van der Waals surface area contributed by atoms with Crippen molar-refractivity contribution in [3.8, 4) is 5.69 Å². The molecule has 0 unspecified atom stereocenters. The van der Waals surface area contributed by atoms with E-state index in [1.807, 2.05) is 35.1 Å². The molecule has 0 aliphatic rings. The van der Waals surface area contributed by atoms with Gasteiger partial charge in [-0.25, -0.2) is 4.68 Å². The second-order valence-electron chi connectivity index (χ2n) is 3.52. The Morgan fingerprint density at radius 2 is 2.13 bits per heavy atom. The largest absolute Gasteiger partial charge is 0.324 e. The Labute approximate surface area is 89.5 Å². The number of rotatable bonds is 3. The first kappa shape index (κ1) is 9.93. The molecule has 0 aliphatic carbocycles. The Balaban J connectivity index is 2.47. The topological polar surface area (TPSA) is 43.8 Å². The SMILES string of the molecule is CC[C@H](N)c1ccccc1-n1cccn1. The van der Waals surface area contributed by atoms with E-state index in [0.717, 1.165) is 17.7 Å².